The van der Waals surface area contributed by atoms with Gasteiger partial charge in [-0.25, -0.2) is 4.98 Å². The fraction of sp³-hybridized carbons (Fsp3) is 0.421. The molecule has 138 valence electrons. The zero-order chi connectivity index (χ0) is 18.7. The van der Waals surface area contributed by atoms with Crippen molar-refractivity contribution < 1.29 is 9.53 Å². The summed E-state index contributed by atoms with van der Waals surface area (Å²) in [7, 11) is 1.63. The maximum absolute atomic E-state index is 13.4. The lowest BCUT2D eigenvalue weighted by Crippen LogP contribution is -2.26. The van der Waals surface area contributed by atoms with Crippen LogP contribution >= 0.6 is 22.7 Å². The topological polar surface area (TPSA) is 61.2 Å². The molecule has 0 fully saturated rings. The Morgan fingerprint density at radius 1 is 1.38 bits per heavy atom. The van der Waals surface area contributed by atoms with Gasteiger partial charge in [-0.15, -0.1) is 22.7 Å². The Bertz CT molecular complexity index is 971. The Morgan fingerprint density at radius 2 is 2.19 bits per heavy atom. The number of fused-ring (bicyclic) bond motifs is 1. The van der Waals surface area contributed by atoms with Gasteiger partial charge in [-0.05, 0) is 24.8 Å². The number of carbonyl (C=O) groups excluding carboxylic acids is 1. The summed E-state index contributed by atoms with van der Waals surface area (Å²) in [5, 5.41) is 2.70. The van der Waals surface area contributed by atoms with Crippen molar-refractivity contribution in [1.29, 1.82) is 0 Å². The van der Waals surface area contributed by atoms with Gasteiger partial charge in [-0.2, -0.15) is 0 Å². The lowest BCUT2D eigenvalue weighted by Gasteiger charge is -2.12. The van der Waals surface area contributed by atoms with E-state index in [-0.39, 0.29) is 11.3 Å². The van der Waals surface area contributed by atoms with Gasteiger partial charge in [0, 0.05) is 41.8 Å². The molecule has 26 heavy (non-hydrogen) atoms. The Morgan fingerprint density at radius 3 is 2.81 bits per heavy atom. The van der Waals surface area contributed by atoms with Crippen molar-refractivity contribution in [3.63, 3.8) is 0 Å². The molecule has 3 aromatic rings. The number of aromatic nitrogens is 2. The zero-order valence-corrected chi connectivity index (χ0v) is 16.8. The first-order chi connectivity index (χ1) is 12.6. The van der Waals surface area contributed by atoms with Crippen molar-refractivity contribution in [1.82, 2.24) is 9.55 Å². The maximum atomic E-state index is 13.4. The second-order valence-electron chi connectivity index (χ2n) is 6.09. The first-order valence-electron chi connectivity index (χ1n) is 8.64. The number of thiophene rings is 2. The number of methoxy groups -OCH3 is 1. The van der Waals surface area contributed by atoms with Crippen molar-refractivity contribution in [3.8, 4) is 10.4 Å². The average Bonchev–Trinajstić information content (AvgIpc) is 3.25. The lowest BCUT2D eigenvalue weighted by molar-refractivity contribution is -0.117. The van der Waals surface area contributed by atoms with E-state index in [0.717, 1.165) is 21.7 Å². The number of hydrogen-bond acceptors (Lipinski definition) is 6. The molecule has 0 amide bonds. The zero-order valence-electron chi connectivity index (χ0n) is 15.2. The SMILES string of the molecule is CCc1sc2nc(CCOC)n(CCC(C)=O)c(=O)c2c1-c1cccs1. The minimum atomic E-state index is -0.0540. The number of ketones is 1. The molecule has 0 bridgehead atoms. The predicted octanol–water partition coefficient (Wildman–Crippen LogP) is 3.92. The number of Topliss-reactive ketones (excluding diaryl/α,β-unsaturated/α-hetero) is 1. The minimum Gasteiger partial charge on any atom is -0.384 e. The van der Waals surface area contributed by atoms with Crippen molar-refractivity contribution in [2.45, 2.75) is 39.7 Å². The molecule has 5 nitrogen and oxygen atoms in total. The van der Waals surface area contributed by atoms with Gasteiger partial charge in [-0.1, -0.05) is 13.0 Å². The monoisotopic (exact) mass is 390 g/mol. The van der Waals surface area contributed by atoms with Gasteiger partial charge in [0.1, 0.15) is 16.4 Å². The molecule has 3 heterocycles. The third-order valence-corrected chi connectivity index (χ3v) is 6.39. The van der Waals surface area contributed by atoms with Crippen molar-refractivity contribution in [2.75, 3.05) is 13.7 Å². The molecule has 0 saturated heterocycles. The summed E-state index contributed by atoms with van der Waals surface area (Å²) in [6.45, 7) is 4.49. The van der Waals surface area contributed by atoms with Crippen LogP contribution in [0, 0.1) is 0 Å². The van der Waals surface area contributed by atoms with Crippen molar-refractivity contribution >= 4 is 38.7 Å². The van der Waals surface area contributed by atoms with E-state index in [2.05, 4.69) is 6.92 Å². The molecule has 0 aliphatic heterocycles. The summed E-state index contributed by atoms with van der Waals surface area (Å²) in [6, 6.07) is 4.04. The number of hydrogen-bond donors (Lipinski definition) is 0. The van der Waals surface area contributed by atoms with Crippen molar-refractivity contribution in [2.24, 2.45) is 0 Å². The highest BCUT2D eigenvalue weighted by atomic mass is 32.1. The van der Waals surface area contributed by atoms with Gasteiger partial charge in [0.05, 0.1) is 12.0 Å². The van der Waals surface area contributed by atoms with Crippen LogP contribution in [0.3, 0.4) is 0 Å². The number of nitrogens with zero attached hydrogens (tertiary/aromatic N) is 2. The van der Waals surface area contributed by atoms with Crippen LogP contribution in [-0.4, -0.2) is 29.1 Å². The molecular formula is C19H22N2O3S2. The van der Waals surface area contributed by atoms with Crippen LogP contribution < -0.4 is 5.56 Å². The van der Waals surface area contributed by atoms with Crippen molar-refractivity contribution in [3.05, 3.63) is 38.6 Å². The molecule has 0 unspecified atom stereocenters. The predicted molar refractivity (Wildman–Crippen MR) is 107 cm³/mol. The van der Waals surface area contributed by atoms with Crippen LogP contribution in [-0.2, 0) is 28.9 Å². The fourth-order valence-corrected chi connectivity index (χ4v) is 4.99. The van der Waals surface area contributed by atoms with E-state index < -0.39 is 0 Å². The number of rotatable bonds is 8. The average molecular weight is 391 g/mol. The molecule has 7 heteroatoms. The summed E-state index contributed by atoms with van der Waals surface area (Å²) in [5.41, 5.74) is 0.955. The Balaban J connectivity index is 2.25. The van der Waals surface area contributed by atoms with E-state index in [4.69, 9.17) is 9.72 Å². The molecular weight excluding hydrogens is 368 g/mol. The molecule has 3 aromatic heterocycles. The highest BCUT2D eigenvalue weighted by Crippen LogP contribution is 2.38. The van der Waals surface area contributed by atoms with E-state index in [1.165, 1.54) is 4.88 Å². The molecule has 3 rings (SSSR count). The van der Waals surface area contributed by atoms with Gasteiger partial charge in [0.15, 0.2) is 0 Å². The molecule has 0 spiro atoms. The summed E-state index contributed by atoms with van der Waals surface area (Å²) < 4.78 is 6.83. The highest BCUT2D eigenvalue weighted by molar-refractivity contribution is 7.20. The second-order valence-corrected chi connectivity index (χ2v) is 8.12. The quantitative estimate of drug-likeness (QED) is 0.585. The van der Waals surface area contributed by atoms with E-state index in [0.29, 0.717) is 37.2 Å². The smallest absolute Gasteiger partial charge is 0.262 e. The molecule has 0 aliphatic rings. The van der Waals surface area contributed by atoms with Gasteiger partial charge < -0.3 is 4.74 Å². The van der Waals surface area contributed by atoms with E-state index in [9.17, 15) is 9.59 Å². The Labute approximate surface area is 160 Å². The number of aryl methyl sites for hydroxylation is 1. The largest absolute Gasteiger partial charge is 0.384 e. The van der Waals surface area contributed by atoms with Crippen LogP contribution in [0.15, 0.2) is 22.3 Å². The first kappa shape index (κ1) is 18.9. The maximum Gasteiger partial charge on any atom is 0.262 e. The van der Waals surface area contributed by atoms with Gasteiger partial charge >= 0.3 is 0 Å². The van der Waals surface area contributed by atoms with E-state index in [1.807, 2.05) is 17.5 Å². The lowest BCUT2D eigenvalue weighted by atomic mass is 10.1. The second kappa shape index (κ2) is 8.24. The van der Waals surface area contributed by atoms with Crippen LogP contribution in [0.25, 0.3) is 20.7 Å². The number of ether oxygens (including phenoxy) is 1. The minimum absolute atomic E-state index is 0.0540. The summed E-state index contributed by atoms with van der Waals surface area (Å²) in [6.07, 6.45) is 1.73. The number of carbonyl (C=O) groups is 1. The van der Waals surface area contributed by atoms with Crippen LogP contribution in [0.5, 0.6) is 0 Å². The highest BCUT2D eigenvalue weighted by Gasteiger charge is 2.21. The van der Waals surface area contributed by atoms with Crippen LogP contribution in [0.1, 0.15) is 31.0 Å². The van der Waals surface area contributed by atoms with E-state index in [1.54, 1.807) is 41.3 Å². The normalized spacial score (nSPS) is 11.3. The van der Waals surface area contributed by atoms with Gasteiger partial charge in [-0.3, -0.25) is 14.2 Å². The molecule has 0 saturated carbocycles. The summed E-state index contributed by atoms with van der Waals surface area (Å²) in [4.78, 5) is 32.6. The summed E-state index contributed by atoms with van der Waals surface area (Å²) in [5.74, 6) is 0.750. The Hall–Kier alpha value is -1.83. The third kappa shape index (κ3) is 3.65. The molecule has 0 N–H and O–H groups in total. The van der Waals surface area contributed by atoms with Gasteiger partial charge in [0.25, 0.3) is 5.56 Å². The van der Waals surface area contributed by atoms with Crippen LogP contribution in [0.2, 0.25) is 0 Å². The summed E-state index contributed by atoms with van der Waals surface area (Å²) >= 11 is 3.22. The van der Waals surface area contributed by atoms with Crippen LogP contribution in [0.4, 0.5) is 0 Å². The first-order valence-corrected chi connectivity index (χ1v) is 10.3. The van der Waals surface area contributed by atoms with Gasteiger partial charge in [0.2, 0.25) is 0 Å². The molecule has 0 atom stereocenters. The third-order valence-electron chi connectivity index (χ3n) is 4.27. The molecule has 0 aromatic carbocycles. The van der Waals surface area contributed by atoms with E-state index >= 15 is 0 Å². The standard InChI is InChI=1S/C19H22N2O3S2/c1-4-13-16(14-6-5-11-25-14)17-18(26-13)20-15(8-10-24-3)21(19(17)23)9-7-12(2)22/h5-6,11H,4,7-10H2,1-3H3. The fourth-order valence-electron chi connectivity index (χ4n) is 2.99. The molecule has 0 aliphatic carbocycles. The Kier molecular flexibility index (Phi) is 6.01. The molecule has 0 radical (unpaired) electrons.